The lowest BCUT2D eigenvalue weighted by molar-refractivity contribution is 0.256. The fourth-order valence-corrected chi connectivity index (χ4v) is 7.38. The number of para-hydroxylation sites is 1. The number of thiophene rings is 1. The van der Waals surface area contributed by atoms with E-state index in [1.807, 2.05) is 47.0 Å². The second-order valence-electron chi connectivity index (χ2n) is 11.7. The zero-order valence-corrected chi connectivity index (χ0v) is 29.7. The molecule has 2 amide bonds. The topological polar surface area (TPSA) is 123 Å². The van der Waals surface area contributed by atoms with Gasteiger partial charge in [-0.25, -0.2) is 36.1 Å². The van der Waals surface area contributed by atoms with Gasteiger partial charge in [0.1, 0.15) is 16.5 Å². The third kappa shape index (κ3) is 8.26. The Balaban J connectivity index is 0.00000504. The van der Waals surface area contributed by atoms with Crippen LogP contribution in [0.2, 0.25) is 0 Å². The first-order chi connectivity index (χ1) is 23.9. The van der Waals surface area contributed by atoms with Gasteiger partial charge in [0.15, 0.2) is 0 Å². The first-order valence-electron chi connectivity index (χ1n) is 15.3. The van der Waals surface area contributed by atoms with E-state index >= 15 is 8.78 Å². The molecule has 0 spiro atoms. The fourth-order valence-electron chi connectivity index (χ4n) is 5.69. The first kappa shape index (κ1) is 37.1. The maximum absolute atomic E-state index is 15.0. The molecule has 0 aliphatic heterocycles. The van der Waals surface area contributed by atoms with E-state index in [0.29, 0.717) is 33.9 Å². The average molecular weight is 752 g/mol. The van der Waals surface area contributed by atoms with Gasteiger partial charge in [-0.2, -0.15) is 0 Å². The molecule has 0 aliphatic carbocycles. The van der Waals surface area contributed by atoms with Crippen molar-refractivity contribution in [1.82, 2.24) is 18.8 Å². The standard InChI is InChI=1S/C36H31F2N5O5S2.ClH/c1-41(20-23-10-5-3-6-11-23)21-28-31-33(44)43(26-12-7-4-8-13-26)36(46)42(22-27-29(37)14-9-15-30(27)38)34(31)49-32(28)24-16-18-25(19-17-24)39-35(45)40-50(2,47)48;/h3-19H,20-22H2,1-2H3,(H2,39,40,45);1H. The highest BCUT2D eigenvalue weighted by Crippen LogP contribution is 2.38. The van der Waals surface area contributed by atoms with Gasteiger partial charge in [0.05, 0.1) is 23.9 Å². The Bertz CT molecular complexity index is 2420. The molecule has 10 nitrogen and oxygen atoms in total. The van der Waals surface area contributed by atoms with E-state index in [-0.39, 0.29) is 34.7 Å². The molecule has 2 aromatic heterocycles. The molecule has 0 unspecified atom stereocenters. The van der Waals surface area contributed by atoms with Gasteiger partial charge in [0, 0.05) is 29.2 Å². The number of anilines is 1. The van der Waals surface area contributed by atoms with Crippen LogP contribution in [-0.2, 0) is 29.7 Å². The number of fused-ring (bicyclic) bond motifs is 1. The molecule has 264 valence electrons. The Morgan fingerprint density at radius 1 is 0.824 bits per heavy atom. The molecule has 51 heavy (non-hydrogen) atoms. The zero-order valence-electron chi connectivity index (χ0n) is 27.3. The summed E-state index contributed by atoms with van der Waals surface area (Å²) < 4.78 is 57.1. The molecule has 6 aromatic rings. The van der Waals surface area contributed by atoms with Crippen LogP contribution in [-0.4, -0.2) is 41.8 Å². The van der Waals surface area contributed by atoms with Crippen molar-refractivity contribution in [1.29, 1.82) is 0 Å². The van der Waals surface area contributed by atoms with E-state index in [1.165, 1.54) is 10.6 Å². The van der Waals surface area contributed by atoms with E-state index in [1.54, 1.807) is 54.6 Å². The summed E-state index contributed by atoms with van der Waals surface area (Å²) in [5.74, 6) is -1.66. The minimum absolute atomic E-state index is 0. The zero-order chi connectivity index (χ0) is 35.6. The van der Waals surface area contributed by atoms with Crippen LogP contribution in [0.1, 0.15) is 16.7 Å². The van der Waals surface area contributed by atoms with Crippen molar-refractivity contribution in [2.75, 3.05) is 18.6 Å². The monoisotopic (exact) mass is 751 g/mol. The summed E-state index contributed by atoms with van der Waals surface area (Å²) >= 11 is 1.14. The average Bonchev–Trinajstić information content (AvgIpc) is 3.43. The number of aromatic nitrogens is 2. The molecular formula is C36H32ClF2N5O5S2. The van der Waals surface area contributed by atoms with Crippen LogP contribution in [0.3, 0.4) is 0 Å². The number of hydrogen-bond acceptors (Lipinski definition) is 7. The van der Waals surface area contributed by atoms with Gasteiger partial charge >= 0.3 is 11.7 Å². The van der Waals surface area contributed by atoms with Crippen LogP contribution in [0, 0.1) is 11.6 Å². The van der Waals surface area contributed by atoms with E-state index in [4.69, 9.17) is 0 Å². The summed E-state index contributed by atoms with van der Waals surface area (Å²) in [5, 5.41) is 2.69. The minimum atomic E-state index is -3.78. The molecule has 0 aliphatic rings. The number of nitrogens with one attached hydrogen (secondary N) is 2. The number of carbonyl (C=O) groups is 1. The Hall–Kier alpha value is -5.15. The van der Waals surface area contributed by atoms with Gasteiger partial charge in [-0.3, -0.25) is 14.3 Å². The highest BCUT2D eigenvalue weighted by atomic mass is 35.5. The summed E-state index contributed by atoms with van der Waals surface area (Å²) in [6, 6.07) is 27.2. The molecule has 0 atom stereocenters. The molecule has 0 saturated heterocycles. The SMILES string of the molecule is CN(Cc1ccccc1)Cc1c(-c2ccc(NC(=O)NS(C)(=O)=O)cc2)sc2c1c(=O)n(-c1ccccc1)c(=O)n2Cc1c(F)cccc1F.Cl. The van der Waals surface area contributed by atoms with E-state index in [9.17, 15) is 22.8 Å². The normalized spacial score (nSPS) is 11.4. The van der Waals surface area contributed by atoms with Crippen LogP contribution in [0.4, 0.5) is 19.3 Å². The summed E-state index contributed by atoms with van der Waals surface area (Å²) in [5.41, 5.74) is 1.19. The molecular weight excluding hydrogens is 720 g/mol. The predicted molar refractivity (Wildman–Crippen MR) is 198 cm³/mol. The van der Waals surface area contributed by atoms with Crippen LogP contribution in [0.15, 0.2) is 113 Å². The highest BCUT2D eigenvalue weighted by molar-refractivity contribution is 7.89. The number of amides is 2. The van der Waals surface area contributed by atoms with Crippen molar-refractivity contribution in [3.05, 3.63) is 152 Å². The van der Waals surface area contributed by atoms with Crippen LogP contribution in [0.5, 0.6) is 0 Å². The largest absolute Gasteiger partial charge is 0.337 e. The highest BCUT2D eigenvalue weighted by Gasteiger charge is 2.26. The van der Waals surface area contributed by atoms with Crippen molar-refractivity contribution >= 4 is 55.7 Å². The number of sulfonamides is 1. The number of rotatable bonds is 10. The van der Waals surface area contributed by atoms with Crippen LogP contribution < -0.4 is 21.3 Å². The van der Waals surface area contributed by atoms with Crippen LogP contribution >= 0.6 is 23.7 Å². The van der Waals surface area contributed by atoms with Crippen molar-refractivity contribution < 1.29 is 22.0 Å². The number of nitrogens with zero attached hydrogens (tertiary/aromatic N) is 3. The number of hydrogen-bond donors (Lipinski definition) is 2. The molecule has 0 saturated carbocycles. The number of urea groups is 1. The summed E-state index contributed by atoms with van der Waals surface area (Å²) in [7, 11) is -1.89. The van der Waals surface area contributed by atoms with Crippen molar-refractivity contribution in [2.45, 2.75) is 19.6 Å². The van der Waals surface area contributed by atoms with E-state index in [0.717, 1.165) is 39.9 Å². The van der Waals surface area contributed by atoms with Crippen molar-refractivity contribution in [3.63, 3.8) is 0 Å². The van der Waals surface area contributed by atoms with Crippen molar-refractivity contribution in [3.8, 4) is 16.1 Å². The number of halogens is 3. The maximum Gasteiger partial charge on any atom is 0.337 e. The lowest BCUT2D eigenvalue weighted by Gasteiger charge is -2.18. The summed E-state index contributed by atoms with van der Waals surface area (Å²) in [4.78, 5) is 43.7. The Kier molecular flexibility index (Phi) is 11.2. The molecule has 0 radical (unpaired) electrons. The molecule has 0 bridgehead atoms. The minimum Gasteiger partial charge on any atom is -0.307 e. The summed E-state index contributed by atoms with van der Waals surface area (Å²) in [6.07, 6.45) is 0.861. The van der Waals surface area contributed by atoms with Gasteiger partial charge in [0.2, 0.25) is 10.0 Å². The second-order valence-corrected chi connectivity index (χ2v) is 14.4. The Labute approximate surface area is 302 Å². The molecule has 4 aromatic carbocycles. The molecule has 2 N–H and O–H groups in total. The molecule has 0 fully saturated rings. The smallest absolute Gasteiger partial charge is 0.307 e. The second kappa shape index (κ2) is 15.4. The lowest BCUT2D eigenvalue weighted by atomic mass is 10.1. The van der Waals surface area contributed by atoms with Gasteiger partial charge < -0.3 is 5.32 Å². The fraction of sp³-hybridized carbons (Fsp3) is 0.139. The van der Waals surface area contributed by atoms with E-state index in [2.05, 4.69) is 5.32 Å². The lowest BCUT2D eigenvalue weighted by Crippen LogP contribution is -2.39. The Morgan fingerprint density at radius 2 is 1.43 bits per heavy atom. The Morgan fingerprint density at radius 3 is 2.04 bits per heavy atom. The quantitative estimate of drug-likeness (QED) is 0.169. The van der Waals surface area contributed by atoms with Gasteiger partial charge in [-0.05, 0) is 60.1 Å². The van der Waals surface area contributed by atoms with Gasteiger partial charge in [-0.15, -0.1) is 23.7 Å². The predicted octanol–water partition coefficient (Wildman–Crippen LogP) is 6.34. The molecule has 6 rings (SSSR count). The third-order valence-electron chi connectivity index (χ3n) is 7.87. The van der Waals surface area contributed by atoms with Gasteiger partial charge in [0.25, 0.3) is 5.56 Å². The van der Waals surface area contributed by atoms with Crippen molar-refractivity contribution in [2.24, 2.45) is 0 Å². The first-order valence-corrected chi connectivity index (χ1v) is 18.0. The van der Waals surface area contributed by atoms with Gasteiger partial charge in [-0.1, -0.05) is 66.7 Å². The molecule has 15 heteroatoms. The van der Waals surface area contributed by atoms with Crippen LogP contribution in [0.25, 0.3) is 26.3 Å². The summed E-state index contributed by atoms with van der Waals surface area (Å²) in [6.45, 7) is 0.318. The molecule has 2 heterocycles. The maximum atomic E-state index is 15.0. The third-order valence-corrected chi connectivity index (χ3v) is 9.73. The number of benzene rings is 4. The van der Waals surface area contributed by atoms with E-state index < -0.39 is 45.5 Å². The number of carbonyl (C=O) groups excluding carboxylic acids is 1.